The number of nitrogens with zero attached hydrogens (tertiary/aromatic N) is 1. The van der Waals surface area contributed by atoms with Crippen LogP contribution in [0, 0.1) is 19.8 Å². The quantitative estimate of drug-likeness (QED) is 0.908. The minimum absolute atomic E-state index is 0.122. The average molecular weight is 320 g/mol. The van der Waals surface area contributed by atoms with E-state index in [1.54, 1.807) is 0 Å². The van der Waals surface area contributed by atoms with Crippen molar-refractivity contribution >= 4 is 17.2 Å². The molecule has 0 aliphatic heterocycles. The van der Waals surface area contributed by atoms with Crippen LogP contribution in [0.5, 0.6) is 0 Å². The highest BCUT2D eigenvalue weighted by Crippen LogP contribution is 2.29. The lowest BCUT2D eigenvalue weighted by Gasteiger charge is -2.14. The first-order valence-electron chi connectivity index (χ1n) is 7.55. The maximum Gasteiger partial charge on any atom is 0.263 e. The van der Waals surface area contributed by atoms with Gasteiger partial charge >= 0.3 is 0 Å². The molecule has 2 heterocycles. The molecule has 1 amide bonds. The number of furan rings is 1. The molecule has 1 aliphatic carbocycles. The largest absolute Gasteiger partial charge is 0.459 e. The van der Waals surface area contributed by atoms with Gasteiger partial charge in [0.15, 0.2) is 10.8 Å². The Bertz CT molecular complexity index is 677. The van der Waals surface area contributed by atoms with E-state index in [0.717, 1.165) is 30.0 Å². The minimum Gasteiger partial charge on any atom is -0.459 e. The van der Waals surface area contributed by atoms with Gasteiger partial charge in [-0.15, -0.1) is 11.3 Å². The summed E-state index contributed by atoms with van der Waals surface area (Å²) in [6.45, 7) is 4.23. The lowest BCUT2D eigenvalue weighted by atomic mass is 10.1. The molecule has 2 aromatic rings. The van der Waals surface area contributed by atoms with Crippen molar-refractivity contribution in [2.45, 2.75) is 39.2 Å². The molecule has 0 aromatic carbocycles. The Hall–Kier alpha value is -1.66. The van der Waals surface area contributed by atoms with E-state index in [4.69, 9.17) is 4.42 Å². The van der Waals surface area contributed by atoms with Crippen LogP contribution in [0.4, 0.5) is 0 Å². The lowest BCUT2D eigenvalue weighted by Crippen LogP contribution is -2.32. The summed E-state index contributed by atoms with van der Waals surface area (Å²) in [5, 5.41) is 13.5. The molecule has 1 saturated carbocycles. The van der Waals surface area contributed by atoms with Crippen LogP contribution in [-0.2, 0) is 0 Å². The van der Waals surface area contributed by atoms with Gasteiger partial charge in [-0.05, 0) is 38.8 Å². The van der Waals surface area contributed by atoms with Crippen molar-refractivity contribution in [2.24, 2.45) is 5.92 Å². The normalized spacial score (nSPS) is 21.2. The second kappa shape index (κ2) is 6.22. The van der Waals surface area contributed by atoms with Gasteiger partial charge in [0.25, 0.3) is 5.91 Å². The molecule has 6 heteroatoms. The molecule has 0 saturated heterocycles. The van der Waals surface area contributed by atoms with Gasteiger partial charge in [0.05, 0.1) is 11.8 Å². The number of nitrogens with one attached hydrogen (secondary N) is 1. The van der Waals surface area contributed by atoms with E-state index in [0.29, 0.717) is 22.9 Å². The van der Waals surface area contributed by atoms with E-state index in [1.165, 1.54) is 11.3 Å². The summed E-state index contributed by atoms with van der Waals surface area (Å²) in [5.74, 6) is 1.56. The van der Waals surface area contributed by atoms with Gasteiger partial charge in [0, 0.05) is 12.5 Å². The van der Waals surface area contributed by atoms with E-state index >= 15 is 0 Å². The smallest absolute Gasteiger partial charge is 0.263 e. The molecule has 2 aromatic heterocycles. The zero-order valence-corrected chi connectivity index (χ0v) is 13.6. The van der Waals surface area contributed by atoms with E-state index < -0.39 is 0 Å². The molecule has 22 heavy (non-hydrogen) atoms. The van der Waals surface area contributed by atoms with Gasteiger partial charge in [0.1, 0.15) is 10.6 Å². The highest BCUT2D eigenvalue weighted by atomic mass is 32.1. The molecular formula is C16H20N2O3S. The number of amides is 1. The molecule has 1 aliphatic rings. The summed E-state index contributed by atoms with van der Waals surface area (Å²) in [4.78, 5) is 17.4. The number of aromatic nitrogens is 1. The Kier molecular flexibility index (Phi) is 4.31. The van der Waals surface area contributed by atoms with Gasteiger partial charge in [-0.1, -0.05) is 6.42 Å². The van der Waals surface area contributed by atoms with Crippen LogP contribution >= 0.6 is 11.3 Å². The number of rotatable bonds is 4. The molecule has 3 rings (SSSR count). The van der Waals surface area contributed by atoms with Crippen LogP contribution in [0.25, 0.3) is 10.8 Å². The van der Waals surface area contributed by atoms with Crippen molar-refractivity contribution in [3.63, 3.8) is 0 Å². The van der Waals surface area contributed by atoms with Crippen LogP contribution in [0.2, 0.25) is 0 Å². The maximum absolute atomic E-state index is 12.3. The Balaban J connectivity index is 1.69. The predicted molar refractivity (Wildman–Crippen MR) is 85.0 cm³/mol. The van der Waals surface area contributed by atoms with Crippen molar-refractivity contribution < 1.29 is 14.3 Å². The monoisotopic (exact) mass is 320 g/mol. The summed E-state index contributed by atoms with van der Waals surface area (Å²) < 4.78 is 5.56. The second-order valence-corrected chi connectivity index (χ2v) is 6.81. The molecule has 0 bridgehead atoms. The number of aliphatic hydroxyl groups excluding tert-OH is 1. The molecule has 5 nitrogen and oxygen atoms in total. The Labute approximate surface area is 133 Å². The number of carbonyl (C=O) groups is 1. The second-order valence-electron chi connectivity index (χ2n) is 5.81. The molecular weight excluding hydrogens is 300 g/mol. The van der Waals surface area contributed by atoms with Crippen molar-refractivity contribution in [3.8, 4) is 10.8 Å². The van der Waals surface area contributed by atoms with Crippen molar-refractivity contribution in [1.29, 1.82) is 0 Å². The SMILES string of the molecule is Cc1ccc(-c2nc(C)c(C(=O)NCC3CCCC3O)s2)o1. The van der Waals surface area contributed by atoms with Crippen molar-refractivity contribution in [1.82, 2.24) is 10.3 Å². The zero-order valence-electron chi connectivity index (χ0n) is 12.8. The van der Waals surface area contributed by atoms with Crippen LogP contribution < -0.4 is 5.32 Å². The first-order chi connectivity index (χ1) is 10.5. The lowest BCUT2D eigenvalue weighted by molar-refractivity contribution is 0.0920. The molecule has 2 atom stereocenters. The van der Waals surface area contributed by atoms with Gasteiger partial charge in [-0.3, -0.25) is 4.79 Å². The summed E-state index contributed by atoms with van der Waals surface area (Å²) in [7, 11) is 0. The van der Waals surface area contributed by atoms with Gasteiger partial charge in [0.2, 0.25) is 0 Å². The van der Waals surface area contributed by atoms with E-state index in [9.17, 15) is 9.90 Å². The van der Waals surface area contributed by atoms with Gasteiger partial charge in [-0.25, -0.2) is 4.98 Å². The van der Waals surface area contributed by atoms with Crippen molar-refractivity contribution in [2.75, 3.05) is 6.54 Å². The summed E-state index contributed by atoms with van der Waals surface area (Å²) in [6.07, 6.45) is 2.55. The third kappa shape index (κ3) is 3.08. The first kappa shape index (κ1) is 15.2. The Morgan fingerprint density at radius 3 is 2.91 bits per heavy atom. The van der Waals surface area contributed by atoms with E-state index in [1.807, 2.05) is 26.0 Å². The molecule has 2 N–H and O–H groups in total. The summed E-state index contributed by atoms with van der Waals surface area (Å²) in [5.41, 5.74) is 0.707. The topological polar surface area (TPSA) is 75.4 Å². The summed E-state index contributed by atoms with van der Waals surface area (Å²) >= 11 is 1.34. The fraction of sp³-hybridized carbons (Fsp3) is 0.500. The van der Waals surface area contributed by atoms with E-state index in [2.05, 4.69) is 10.3 Å². The van der Waals surface area contributed by atoms with Gasteiger partial charge in [-0.2, -0.15) is 0 Å². The fourth-order valence-electron chi connectivity index (χ4n) is 2.82. The third-order valence-corrected chi connectivity index (χ3v) is 5.27. The fourth-order valence-corrected chi connectivity index (χ4v) is 3.77. The predicted octanol–water partition coefficient (Wildman–Crippen LogP) is 2.91. The van der Waals surface area contributed by atoms with Crippen LogP contribution in [-0.4, -0.2) is 28.6 Å². The molecule has 0 spiro atoms. The first-order valence-corrected chi connectivity index (χ1v) is 8.36. The molecule has 2 unspecified atom stereocenters. The van der Waals surface area contributed by atoms with E-state index in [-0.39, 0.29) is 17.9 Å². The highest BCUT2D eigenvalue weighted by Gasteiger charge is 2.26. The van der Waals surface area contributed by atoms with Gasteiger partial charge < -0.3 is 14.8 Å². The van der Waals surface area contributed by atoms with Crippen LogP contribution in [0.15, 0.2) is 16.5 Å². The zero-order chi connectivity index (χ0) is 15.7. The maximum atomic E-state index is 12.3. The number of aliphatic hydroxyl groups is 1. The Morgan fingerprint density at radius 2 is 2.27 bits per heavy atom. The molecule has 118 valence electrons. The van der Waals surface area contributed by atoms with Crippen LogP contribution in [0.3, 0.4) is 0 Å². The minimum atomic E-state index is -0.287. The highest BCUT2D eigenvalue weighted by molar-refractivity contribution is 7.17. The number of hydrogen-bond acceptors (Lipinski definition) is 5. The standard InChI is InChI=1S/C16H20N2O3S/c1-9-6-7-13(21-9)16-18-10(2)14(22-16)15(20)17-8-11-4-3-5-12(11)19/h6-7,11-12,19H,3-5,8H2,1-2H3,(H,17,20). The number of hydrogen-bond donors (Lipinski definition) is 2. The van der Waals surface area contributed by atoms with Crippen LogP contribution in [0.1, 0.15) is 40.4 Å². The van der Waals surface area contributed by atoms with Crippen molar-refractivity contribution in [3.05, 3.63) is 28.5 Å². The number of thiazole rings is 1. The molecule has 0 radical (unpaired) electrons. The molecule has 1 fully saturated rings. The average Bonchev–Trinajstić information content (AvgIpc) is 3.17. The number of carbonyl (C=O) groups excluding carboxylic acids is 1. The Morgan fingerprint density at radius 1 is 1.45 bits per heavy atom. The third-order valence-electron chi connectivity index (χ3n) is 4.10. The number of aryl methyl sites for hydroxylation is 2. The summed E-state index contributed by atoms with van der Waals surface area (Å²) in [6, 6.07) is 3.75.